The molecule has 0 heterocycles. The first-order valence-electron chi connectivity index (χ1n) is 5.93. The van der Waals surface area contributed by atoms with Gasteiger partial charge in [-0.2, -0.15) is 0 Å². The molecule has 1 atom stereocenters. The van der Waals surface area contributed by atoms with Gasteiger partial charge in [-0.15, -0.1) is 6.58 Å². The molecule has 0 spiro atoms. The predicted octanol–water partition coefficient (Wildman–Crippen LogP) is 3.50. The van der Waals surface area contributed by atoms with Crippen LogP contribution in [-0.4, -0.2) is 6.54 Å². The molecule has 16 heavy (non-hydrogen) atoms. The first-order chi connectivity index (χ1) is 7.50. The Labute approximate surface area is 99.4 Å². The molecule has 2 N–H and O–H groups in total. The molecule has 0 radical (unpaired) electrons. The second-order valence-corrected chi connectivity index (χ2v) is 5.14. The Morgan fingerprint density at radius 1 is 1.31 bits per heavy atom. The lowest BCUT2D eigenvalue weighted by Gasteiger charge is -2.23. The highest BCUT2D eigenvalue weighted by Gasteiger charge is 2.18. The number of nitrogens with two attached hydrogens (primary N) is 1. The summed E-state index contributed by atoms with van der Waals surface area (Å²) < 4.78 is 0. The highest BCUT2D eigenvalue weighted by atomic mass is 14.6. The predicted molar refractivity (Wildman–Crippen MR) is 71.6 cm³/mol. The van der Waals surface area contributed by atoms with Crippen LogP contribution in [0.25, 0.3) is 0 Å². The van der Waals surface area contributed by atoms with Crippen molar-refractivity contribution in [3.8, 4) is 0 Å². The molecule has 0 saturated heterocycles. The van der Waals surface area contributed by atoms with Crippen LogP contribution in [0, 0.1) is 5.41 Å². The molecule has 0 amide bonds. The fourth-order valence-corrected chi connectivity index (χ4v) is 1.71. The molecule has 1 heteroatoms. The zero-order valence-electron chi connectivity index (χ0n) is 10.7. The molecule has 0 aromatic heterocycles. The zero-order chi connectivity index (χ0) is 12.2. The average molecular weight is 217 g/mol. The maximum absolute atomic E-state index is 5.77. The van der Waals surface area contributed by atoms with Crippen molar-refractivity contribution in [1.29, 1.82) is 0 Å². The Hall–Kier alpha value is -1.08. The van der Waals surface area contributed by atoms with Crippen LogP contribution in [0.4, 0.5) is 0 Å². The first-order valence-corrected chi connectivity index (χ1v) is 5.93. The second kappa shape index (κ2) is 5.31. The molecule has 0 saturated carbocycles. The van der Waals surface area contributed by atoms with Gasteiger partial charge in [0.2, 0.25) is 0 Å². The van der Waals surface area contributed by atoms with E-state index in [9.17, 15) is 0 Å². The maximum Gasteiger partial charge on any atom is 0.00146 e. The van der Waals surface area contributed by atoms with Crippen LogP contribution < -0.4 is 5.73 Å². The van der Waals surface area contributed by atoms with Gasteiger partial charge < -0.3 is 5.73 Å². The topological polar surface area (TPSA) is 26.0 Å². The van der Waals surface area contributed by atoms with E-state index >= 15 is 0 Å². The van der Waals surface area contributed by atoms with Gasteiger partial charge in [0.05, 0.1) is 0 Å². The van der Waals surface area contributed by atoms with E-state index in [-0.39, 0.29) is 5.41 Å². The van der Waals surface area contributed by atoms with Crippen LogP contribution in [0.15, 0.2) is 36.9 Å². The summed E-state index contributed by atoms with van der Waals surface area (Å²) >= 11 is 0. The Kier molecular flexibility index (Phi) is 4.31. The van der Waals surface area contributed by atoms with Crippen LogP contribution >= 0.6 is 0 Å². The summed E-state index contributed by atoms with van der Waals surface area (Å²) in [6.45, 7) is 11.1. The molecular weight excluding hydrogens is 194 g/mol. The van der Waals surface area contributed by atoms with E-state index in [4.69, 9.17) is 5.73 Å². The Balaban J connectivity index is 2.79. The zero-order valence-corrected chi connectivity index (χ0v) is 10.7. The first kappa shape index (κ1) is 13.0. The van der Waals surface area contributed by atoms with E-state index < -0.39 is 0 Å². The van der Waals surface area contributed by atoms with Gasteiger partial charge in [-0.05, 0) is 23.5 Å². The second-order valence-electron chi connectivity index (χ2n) is 5.14. The molecular formula is C15H23N. The van der Waals surface area contributed by atoms with Crippen LogP contribution in [0.3, 0.4) is 0 Å². The third-order valence-corrected chi connectivity index (χ3v) is 3.21. The summed E-state index contributed by atoms with van der Waals surface area (Å²) in [4.78, 5) is 0. The van der Waals surface area contributed by atoms with Crippen molar-refractivity contribution in [1.82, 2.24) is 0 Å². The van der Waals surface area contributed by atoms with E-state index in [0.29, 0.717) is 12.5 Å². The van der Waals surface area contributed by atoms with Gasteiger partial charge in [-0.25, -0.2) is 0 Å². The van der Waals surface area contributed by atoms with E-state index in [0.717, 1.165) is 6.42 Å². The Morgan fingerprint density at radius 3 is 2.25 bits per heavy atom. The molecule has 1 aromatic rings. The third-order valence-electron chi connectivity index (χ3n) is 3.21. The minimum absolute atomic E-state index is 0.0132. The number of hydrogen-bond donors (Lipinski definition) is 1. The fraction of sp³-hybridized carbons (Fsp3) is 0.467. The SMILES string of the molecule is C=CC(C)(CN)Cc1ccc(C(C)C)cc1. The van der Waals surface area contributed by atoms with Gasteiger partial charge in [0, 0.05) is 12.0 Å². The minimum atomic E-state index is 0.0132. The summed E-state index contributed by atoms with van der Waals surface area (Å²) in [6, 6.07) is 8.82. The third kappa shape index (κ3) is 3.21. The fourth-order valence-electron chi connectivity index (χ4n) is 1.71. The molecule has 0 bridgehead atoms. The maximum atomic E-state index is 5.77. The van der Waals surface area contributed by atoms with Gasteiger partial charge in [0.25, 0.3) is 0 Å². The molecule has 0 aliphatic rings. The van der Waals surface area contributed by atoms with Crippen molar-refractivity contribution in [3.63, 3.8) is 0 Å². The monoisotopic (exact) mass is 217 g/mol. The van der Waals surface area contributed by atoms with Crippen molar-refractivity contribution in [2.75, 3.05) is 6.54 Å². The molecule has 1 aromatic carbocycles. The van der Waals surface area contributed by atoms with Crippen molar-refractivity contribution < 1.29 is 0 Å². The van der Waals surface area contributed by atoms with Crippen LogP contribution in [0.5, 0.6) is 0 Å². The highest BCUT2D eigenvalue weighted by Crippen LogP contribution is 2.23. The van der Waals surface area contributed by atoms with E-state index in [1.54, 1.807) is 0 Å². The lowest BCUT2D eigenvalue weighted by molar-refractivity contribution is 0.439. The summed E-state index contributed by atoms with van der Waals surface area (Å²) in [5.74, 6) is 0.592. The van der Waals surface area contributed by atoms with E-state index in [1.807, 2.05) is 6.08 Å². The van der Waals surface area contributed by atoms with Crippen LogP contribution in [-0.2, 0) is 6.42 Å². The smallest absolute Gasteiger partial charge is 0.00146 e. The van der Waals surface area contributed by atoms with E-state index in [1.165, 1.54) is 11.1 Å². The normalized spacial score (nSPS) is 14.8. The molecule has 1 nitrogen and oxygen atoms in total. The van der Waals surface area contributed by atoms with Crippen molar-refractivity contribution in [2.24, 2.45) is 11.1 Å². The average Bonchev–Trinajstić information content (AvgIpc) is 2.29. The number of hydrogen-bond acceptors (Lipinski definition) is 1. The Morgan fingerprint density at radius 2 is 1.88 bits per heavy atom. The van der Waals surface area contributed by atoms with Crippen LogP contribution in [0.2, 0.25) is 0 Å². The number of benzene rings is 1. The van der Waals surface area contributed by atoms with E-state index in [2.05, 4.69) is 51.6 Å². The van der Waals surface area contributed by atoms with Gasteiger partial charge in [0.1, 0.15) is 0 Å². The summed E-state index contributed by atoms with van der Waals surface area (Å²) in [5, 5.41) is 0. The molecule has 0 aliphatic heterocycles. The highest BCUT2D eigenvalue weighted by molar-refractivity contribution is 5.26. The quantitative estimate of drug-likeness (QED) is 0.750. The molecule has 0 aliphatic carbocycles. The summed E-state index contributed by atoms with van der Waals surface area (Å²) in [6.07, 6.45) is 2.93. The van der Waals surface area contributed by atoms with Gasteiger partial charge in [-0.3, -0.25) is 0 Å². The Bertz CT molecular complexity index is 337. The van der Waals surface area contributed by atoms with Crippen molar-refractivity contribution in [2.45, 2.75) is 33.1 Å². The summed E-state index contributed by atoms with van der Waals surface area (Å²) in [7, 11) is 0. The lowest BCUT2D eigenvalue weighted by atomic mass is 9.83. The molecule has 0 fully saturated rings. The van der Waals surface area contributed by atoms with Crippen LogP contribution in [0.1, 0.15) is 37.8 Å². The largest absolute Gasteiger partial charge is 0.330 e. The van der Waals surface area contributed by atoms with Crippen molar-refractivity contribution >= 4 is 0 Å². The van der Waals surface area contributed by atoms with Gasteiger partial charge in [-0.1, -0.05) is 51.1 Å². The number of rotatable bonds is 5. The molecule has 88 valence electrons. The van der Waals surface area contributed by atoms with Crippen molar-refractivity contribution in [3.05, 3.63) is 48.0 Å². The minimum Gasteiger partial charge on any atom is -0.330 e. The molecule has 1 rings (SSSR count). The van der Waals surface area contributed by atoms with Gasteiger partial charge in [0.15, 0.2) is 0 Å². The summed E-state index contributed by atoms with van der Waals surface area (Å²) in [5.41, 5.74) is 8.50. The molecule has 1 unspecified atom stereocenters. The lowest BCUT2D eigenvalue weighted by Crippen LogP contribution is -2.27. The van der Waals surface area contributed by atoms with Gasteiger partial charge >= 0.3 is 0 Å². The standard InChI is InChI=1S/C15H23N/c1-5-15(4,11-16)10-13-6-8-14(9-7-13)12(2)3/h5-9,12H,1,10-11,16H2,2-4H3.